The van der Waals surface area contributed by atoms with Gasteiger partial charge in [-0.1, -0.05) is 30.3 Å². The number of benzene rings is 2. The Labute approximate surface area is 141 Å². The van der Waals surface area contributed by atoms with Gasteiger partial charge in [-0.25, -0.2) is 4.79 Å². The molecule has 0 aliphatic rings. The number of hydrogen-bond acceptors (Lipinski definition) is 4. The van der Waals surface area contributed by atoms with E-state index < -0.39 is 12.1 Å². The standard InChI is InChI=1S/C19H21NO4/c1-3-20(4-2)18(22)17(14-8-6-5-7-9-14)24-19(23)15-10-12-16(21)13-11-15/h5-13,17,21H,3-4H2,1-2H3/t17-/m1/s1. The van der Waals surface area contributed by atoms with Gasteiger partial charge in [-0.3, -0.25) is 4.79 Å². The zero-order chi connectivity index (χ0) is 17.5. The third kappa shape index (κ3) is 4.13. The van der Waals surface area contributed by atoms with Crippen LogP contribution in [0, 0.1) is 0 Å². The molecule has 2 rings (SSSR count). The van der Waals surface area contributed by atoms with Gasteiger partial charge in [0.1, 0.15) is 5.75 Å². The second-order valence-electron chi connectivity index (χ2n) is 5.25. The maximum absolute atomic E-state index is 12.7. The molecule has 0 radical (unpaired) electrons. The molecule has 1 atom stereocenters. The van der Waals surface area contributed by atoms with Gasteiger partial charge in [0, 0.05) is 18.7 Å². The van der Waals surface area contributed by atoms with Crippen molar-refractivity contribution in [3.05, 3.63) is 65.7 Å². The van der Waals surface area contributed by atoms with Crippen LogP contribution in [0.5, 0.6) is 5.75 Å². The van der Waals surface area contributed by atoms with Crippen molar-refractivity contribution in [1.29, 1.82) is 0 Å². The van der Waals surface area contributed by atoms with Crippen molar-refractivity contribution in [3.63, 3.8) is 0 Å². The summed E-state index contributed by atoms with van der Waals surface area (Å²) in [4.78, 5) is 26.7. The maximum Gasteiger partial charge on any atom is 0.339 e. The smallest absolute Gasteiger partial charge is 0.339 e. The molecule has 5 nitrogen and oxygen atoms in total. The van der Waals surface area contributed by atoms with Gasteiger partial charge in [0.2, 0.25) is 6.10 Å². The van der Waals surface area contributed by atoms with Crippen LogP contribution in [0.2, 0.25) is 0 Å². The zero-order valence-electron chi connectivity index (χ0n) is 13.8. The summed E-state index contributed by atoms with van der Waals surface area (Å²) in [5.74, 6) is -0.798. The molecular weight excluding hydrogens is 306 g/mol. The summed E-state index contributed by atoms with van der Waals surface area (Å²) in [6.45, 7) is 4.83. The summed E-state index contributed by atoms with van der Waals surface area (Å²) >= 11 is 0. The molecule has 0 aromatic heterocycles. The number of hydrogen-bond donors (Lipinski definition) is 1. The van der Waals surface area contributed by atoms with E-state index in [0.29, 0.717) is 18.7 Å². The second-order valence-corrected chi connectivity index (χ2v) is 5.25. The lowest BCUT2D eigenvalue weighted by atomic mass is 10.1. The van der Waals surface area contributed by atoms with Crippen LogP contribution in [0.25, 0.3) is 0 Å². The van der Waals surface area contributed by atoms with Crippen molar-refractivity contribution >= 4 is 11.9 Å². The molecule has 1 amide bonds. The average Bonchev–Trinajstić information content (AvgIpc) is 2.61. The molecule has 0 fully saturated rings. The molecule has 0 saturated carbocycles. The normalized spacial score (nSPS) is 11.6. The number of aromatic hydroxyl groups is 1. The van der Waals surface area contributed by atoms with Crippen LogP contribution in [-0.4, -0.2) is 35.0 Å². The van der Waals surface area contributed by atoms with Gasteiger partial charge in [0.25, 0.3) is 5.91 Å². The first-order valence-electron chi connectivity index (χ1n) is 7.90. The molecule has 126 valence electrons. The van der Waals surface area contributed by atoms with E-state index in [0.717, 1.165) is 0 Å². The Morgan fingerprint density at radius 3 is 2.12 bits per heavy atom. The number of carbonyl (C=O) groups is 2. The van der Waals surface area contributed by atoms with Crippen LogP contribution < -0.4 is 0 Å². The predicted octanol–water partition coefficient (Wildman–Crippen LogP) is 3.16. The first-order valence-corrected chi connectivity index (χ1v) is 7.90. The van der Waals surface area contributed by atoms with Gasteiger partial charge in [0.15, 0.2) is 0 Å². The highest BCUT2D eigenvalue weighted by molar-refractivity contribution is 5.92. The minimum Gasteiger partial charge on any atom is -0.508 e. The lowest BCUT2D eigenvalue weighted by molar-refractivity contribution is -0.140. The Morgan fingerprint density at radius 2 is 1.58 bits per heavy atom. The summed E-state index contributed by atoms with van der Waals surface area (Å²) < 4.78 is 5.50. The van der Waals surface area contributed by atoms with E-state index in [2.05, 4.69) is 0 Å². The number of nitrogens with zero attached hydrogens (tertiary/aromatic N) is 1. The highest BCUT2D eigenvalue weighted by Crippen LogP contribution is 2.22. The minimum atomic E-state index is -0.993. The Kier molecular flexibility index (Phi) is 5.95. The first-order chi connectivity index (χ1) is 11.6. The van der Waals surface area contributed by atoms with Crippen molar-refractivity contribution in [2.45, 2.75) is 20.0 Å². The maximum atomic E-state index is 12.7. The van der Waals surface area contributed by atoms with Gasteiger partial charge in [0.05, 0.1) is 5.56 Å². The van der Waals surface area contributed by atoms with Crippen molar-refractivity contribution in [3.8, 4) is 5.75 Å². The largest absolute Gasteiger partial charge is 0.508 e. The van der Waals surface area contributed by atoms with Gasteiger partial charge >= 0.3 is 5.97 Å². The van der Waals surface area contributed by atoms with E-state index in [1.165, 1.54) is 24.3 Å². The summed E-state index contributed by atoms with van der Waals surface area (Å²) in [5, 5.41) is 9.31. The van der Waals surface area contributed by atoms with Gasteiger partial charge < -0.3 is 14.7 Å². The summed E-state index contributed by atoms with van der Waals surface area (Å²) in [6.07, 6.45) is -0.993. The number of amides is 1. The summed E-state index contributed by atoms with van der Waals surface area (Å²) in [5.41, 5.74) is 0.905. The molecule has 0 unspecified atom stereocenters. The van der Waals surface area contributed by atoms with Crippen LogP contribution in [0.4, 0.5) is 0 Å². The number of rotatable bonds is 6. The van der Waals surface area contributed by atoms with E-state index in [4.69, 9.17) is 4.74 Å². The van der Waals surface area contributed by atoms with Crippen molar-refractivity contribution in [1.82, 2.24) is 4.90 Å². The molecule has 0 aliphatic carbocycles. The van der Waals surface area contributed by atoms with E-state index in [1.54, 1.807) is 29.2 Å². The molecular formula is C19H21NO4. The minimum absolute atomic E-state index is 0.0605. The predicted molar refractivity (Wildman–Crippen MR) is 90.6 cm³/mol. The monoisotopic (exact) mass is 327 g/mol. The van der Waals surface area contributed by atoms with Crippen LogP contribution in [-0.2, 0) is 9.53 Å². The van der Waals surface area contributed by atoms with Crippen LogP contribution in [0.1, 0.15) is 35.9 Å². The molecule has 0 bridgehead atoms. The number of phenolic OH excluding ortho intramolecular Hbond substituents is 1. The fraction of sp³-hybridized carbons (Fsp3) is 0.263. The van der Waals surface area contributed by atoms with Crippen LogP contribution in [0.15, 0.2) is 54.6 Å². The number of ether oxygens (including phenoxy) is 1. The molecule has 1 N–H and O–H groups in total. The van der Waals surface area contributed by atoms with E-state index in [-0.39, 0.29) is 17.2 Å². The molecule has 2 aromatic rings. The van der Waals surface area contributed by atoms with Crippen molar-refractivity contribution in [2.24, 2.45) is 0 Å². The fourth-order valence-corrected chi connectivity index (χ4v) is 2.36. The highest BCUT2D eigenvalue weighted by Gasteiger charge is 2.28. The van der Waals surface area contributed by atoms with Crippen LogP contribution >= 0.6 is 0 Å². The average molecular weight is 327 g/mol. The Morgan fingerprint density at radius 1 is 1.00 bits per heavy atom. The Balaban J connectivity index is 2.27. The molecule has 0 heterocycles. The van der Waals surface area contributed by atoms with E-state index >= 15 is 0 Å². The van der Waals surface area contributed by atoms with Gasteiger partial charge in [-0.15, -0.1) is 0 Å². The lowest BCUT2D eigenvalue weighted by Crippen LogP contribution is -2.36. The third-order valence-electron chi connectivity index (χ3n) is 3.73. The quantitative estimate of drug-likeness (QED) is 0.828. The molecule has 0 aliphatic heterocycles. The molecule has 24 heavy (non-hydrogen) atoms. The van der Waals surface area contributed by atoms with Crippen LogP contribution in [0.3, 0.4) is 0 Å². The molecule has 2 aromatic carbocycles. The van der Waals surface area contributed by atoms with Crippen molar-refractivity contribution < 1.29 is 19.4 Å². The van der Waals surface area contributed by atoms with Gasteiger partial charge in [-0.2, -0.15) is 0 Å². The number of phenols is 1. The topological polar surface area (TPSA) is 66.8 Å². The number of esters is 1. The molecule has 0 saturated heterocycles. The first kappa shape index (κ1) is 17.5. The second kappa shape index (κ2) is 8.15. The Hall–Kier alpha value is -2.82. The summed E-state index contributed by atoms with van der Waals surface area (Å²) in [6, 6.07) is 14.7. The molecule has 0 spiro atoms. The van der Waals surface area contributed by atoms with E-state index in [1.807, 2.05) is 19.9 Å². The highest BCUT2D eigenvalue weighted by atomic mass is 16.5. The Bertz CT molecular complexity index is 678. The van der Waals surface area contributed by atoms with Crippen molar-refractivity contribution in [2.75, 3.05) is 13.1 Å². The fourth-order valence-electron chi connectivity index (χ4n) is 2.36. The summed E-state index contributed by atoms with van der Waals surface area (Å²) in [7, 11) is 0. The lowest BCUT2D eigenvalue weighted by Gasteiger charge is -2.25. The number of likely N-dealkylation sites (N-methyl/N-ethyl adjacent to an activating group) is 1. The SMILES string of the molecule is CCN(CC)C(=O)[C@H](OC(=O)c1ccc(O)cc1)c1ccccc1. The molecule has 5 heteroatoms. The van der Waals surface area contributed by atoms with E-state index in [9.17, 15) is 14.7 Å². The third-order valence-corrected chi connectivity index (χ3v) is 3.73. The zero-order valence-corrected chi connectivity index (χ0v) is 13.8. The number of carbonyl (C=O) groups excluding carboxylic acids is 2. The van der Waals surface area contributed by atoms with Gasteiger partial charge in [-0.05, 0) is 38.1 Å².